The molecule has 2 aliphatic heterocycles. The maximum absolute atomic E-state index is 5.53. The molecule has 2 aliphatic rings. The number of hydrogen-bond acceptors (Lipinski definition) is 4. The number of anilines is 1. The lowest BCUT2D eigenvalue weighted by Gasteiger charge is -2.34. The number of para-hydroxylation sites is 1. The molecule has 1 aromatic carbocycles. The van der Waals surface area contributed by atoms with E-state index in [-0.39, 0.29) is 0 Å². The Morgan fingerprint density at radius 1 is 1.38 bits per heavy atom. The molecule has 1 fully saturated rings. The van der Waals surface area contributed by atoms with Crippen LogP contribution in [0.25, 0.3) is 0 Å². The van der Waals surface area contributed by atoms with Crippen molar-refractivity contribution in [3.63, 3.8) is 0 Å². The fourth-order valence-corrected chi connectivity index (χ4v) is 2.31. The van der Waals surface area contributed by atoms with Gasteiger partial charge < -0.3 is 19.7 Å². The SMILES string of the molecule is C[C@@H]1CN(c2cccc3c2OCO3)CCN1. The van der Waals surface area contributed by atoms with Crippen LogP contribution in [-0.4, -0.2) is 32.5 Å². The Balaban J connectivity index is 1.91. The zero-order valence-electron chi connectivity index (χ0n) is 9.40. The molecule has 4 heteroatoms. The first-order valence-corrected chi connectivity index (χ1v) is 5.71. The molecule has 0 aliphatic carbocycles. The van der Waals surface area contributed by atoms with Gasteiger partial charge in [0.25, 0.3) is 0 Å². The minimum absolute atomic E-state index is 0.341. The molecule has 16 heavy (non-hydrogen) atoms. The zero-order chi connectivity index (χ0) is 11.0. The molecule has 4 nitrogen and oxygen atoms in total. The third kappa shape index (κ3) is 1.59. The van der Waals surface area contributed by atoms with Gasteiger partial charge in [-0.2, -0.15) is 0 Å². The number of ether oxygens (including phenoxy) is 2. The molecule has 0 radical (unpaired) electrons. The van der Waals surface area contributed by atoms with Crippen molar-refractivity contribution in [1.82, 2.24) is 5.32 Å². The largest absolute Gasteiger partial charge is 0.454 e. The standard InChI is InChI=1S/C12H16N2O2/c1-9-7-14(6-5-13-9)10-3-2-4-11-12(10)16-8-15-11/h2-4,9,13H,5-8H2,1H3/t9-/m1/s1. The smallest absolute Gasteiger partial charge is 0.231 e. The first-order valence-electron chi connectivity index (χ1n) is 5.71. The van der Waals surface area contributed by atoms with Gasteiger partial charge in [0, 0.05) is 25.7 Å². The molecule has 0 unspecified atom stereocenters. The summed E-state index contributed by atoms with van der Waals surface area (Å²) in [5.74, 6) is 1.76. The Kier molecular flexibility index (Phi) is 2.36. The summed E-state index contributed by atoms with van der Waals surface area (Å²) in [4.78, 5) is 2.36. The van der Waals surface area contributed by atoms with Gasteiger partial charge in [-0.25, -0.2) is 0 Å². The van der Waals surface area contributed by atoms with E-state index in [2.05, 4.69) is 23.2 Å². The third-order valence-electron chi connectivity index (χ3n) is 3.09. The molecule has 1 N–H and O–H groups in total. The number of hydrogen-bond donors (Lipinski definition) is 1. The van der Waals surface area contributed by atoms with Crippen LogP contribution in [0.2, 0.25) is 0 Å². The second-order valence-electron chi connectivity index (χ2n) is 4.31. The summed E-state index contributed by atoms with van der Waals surface area (Å²) in [5, 5.41) is 3.44. The van der Waals surface area contributed by atoms with Crippen molar-refractivity contribution in [1.29, 1.82) is 0 Å². The average molecular weight is 220 g/mol. The van der Waals surface area contributed by atoms with Crippen LogP contribution in [0.5, 0.6) is 11.5 Å². The van der Waals surface area contributed by atoms with Crippen molar-refractivity contribution in [2.75, 3.05) is 31.3 Å². The number of piperazine rings is 1. The van der Waals surface area contributed by atoms with Gasteiger partial charge in [0.2, 0.25) is 6.79 Å². The summed E-state index contributed by atoms with van der Waals surface area (Å²) >= 11 is 0. The van der Waals surface area contributed by atoms with E-state index >= 15 is 0 Å². The highest BCUT2D eigenvalue weighted by molar-refractivity contribution is 5.65. The first kappa shape index (κ1) is 9.78. The van der Waals surface area contributed by atoms with Crippen LogP contribution >= 0.6 is 0 Å². The normalized spacial score (nSPS) is 23.6. The molecule has 86 valence electrons. The quantitative estimate of drug-likeness (QED) is 0.771. The summed E-state index contributed by atoms with van der Waals surface area (Å²) in [6, 6.07) is 6.60. The highest BCUT2D eigenvalue weighted by Crippen LogP contribution is 2.41. The van der Waals surface area contributed by atoms with E-state index in [0.29, 0.717) is 12.8 Å². The van der Waals surface area contributed by atoms with Crippen LogP contribution in [0.3, 0.4) is 0 Å². The predicted octanol–water partition coefficient (Wildman–Crippen LogP) is 1.21. The molecule has 0 aromatic heterocycles. The fraction of sp³-hybridized carbons (Fsp3) is 0.500. The van der Waals surface area contributed by atoms with Crippen molar-refractivity contribution < 1.29 is 9.47 Å². The Bertz CT molecular complexity index is 395. The Morgan fingerprint density at radius 3 is 3.19 bits per heavy atom. The zero-order valence-corrected chi connectivity index (χ0v) is 9.40. The molecule has 1 aromatic rings. The molecular formula is C12H16N2O2. The maximum Gasteiger partial charge on any atom is 0.231 e. The molecule has 3 rings (SSSR count). The van der Waals surface area contributed by atoms with Gasteiger partial charge in [-0.05, 0) is 19.1 Å². The van der Waals surface area contributed by atoms with Gasteiger partial charge in [0.05, 0.1) is 5.69 Å². The molecule has 1 saturated heterocycles. The van der Waals surface area contributed by atoms with Crippen LogP contribution < -0.4 is 19.7 Å². The molecular weight excluding hydrogens is 204 g/mol. The van der Waals surface area contributed by atoms with Gasteiger partial charge in [-0.3, -0.25) is 0 Å². The third-order valence-corrected chi connectivity index (χ3v) is 3.09. The number of nitrogens with one attached hydrogen (secondary N) is 1. The van der Waals surface area contributed by atoms with Gasteiger partial charge in [-0.15, -0.1) is 0 Å². The summed E-state index contributed by atoms with van der Waals surface area (Å²) in [6.45, 7) is 5.59. The maximum atomic E-state index is 5.53. The van der Waals surface area contributed by atoms with Crippen LogP contribution in [-0.2, 0) is 0 Å². The van der Waals surface area contributed by atoms with Gasteiger partial charge >= 0.3 is 0 Å². The summed E-state index contributed by atoms with van der Waals surface area (Å²) in [7, 11) is 0. The van der Waals surface area contributed by atoms with E-state index in [1.807, 2.05) is 12.1 Å². The summed E-state index contributed by atoms with van der Waals surface area (Å²) < 4.78 is 10.9. The van der Waals surface area contributed by atoms with Crippen molar-refractivity contribution in [2.45, 2.75) is 13.0 Å². The monoisotopic (exact) mass is 220 g/mol. The van der Waals surface area contributed by atoms with Gasteiger partial charge in [0.1, 0.15) is 0 Å². The molecule has 1 atom stereocenters. The van der Waals surface area contributed by atoms with Crippen molar-refractivity contribution in [3.8, 4) is 11.5 Å². The van der Waals surface area contributed by atoms with Gasteiger partial charge in [-0.1, -0.05) is 6.07 Å². The second-order valence-corrected chi connectivity index (χ2v) is 4.31. The molecule has 0 saturated carbocycles. The lowest BCUT2D eigenvalue weighted by atomic mass is 10.2. The van der Waals surface area contributed by atoms with Crippen LogP contribution in [0.15, 0.2) is 18.2 Å². The van der Waals surface area contributed by atoms with E-state index in [4.69, 9.17) is 9.47 Å². The van der Waals surface area contributed by atoms with Crippen molar-refractivity contribution in [3.05, 3.63) is 18.2 Å². The van der Waals surface area contributed by atoms with E-state index < -0.39 is 0 Å². The number of fused-ring (bicyclic) bond motifs is 1. The summed E-state index contributed by atoms with van der Waals surface area (Å²) in [5.41, 5.74) is 1.16. The first-order chi connectivity index (χ1) is 7.84. The molecule has 0 bridgehead atoms. The average Bonchev–Trinajstić information content (AvgIpc) is 2.76. The minimum Gasteiger partial charge on any atom is -0.454 e. The molecule has 2 heterocycles. The number of benzene rings is 1. The Labute approximate surface area is 95.1 Å². The predicted molar refractivity (Wildman–Crippen MR) is 62.2 cm³/mol. The van der Waals surface area contributed by atoms with Crippen molar-refractivity contribution in [2.24, 2.45) is 0 Å². The number of nitrogens with zero attached hydrogens (tertiary/aromatic N) is 1. The van der Waals surface area contributed by atoms with E-state index in [1.165, 1.54) is 0 Å². The highest BCUT2D eigenvalue weighted by Gasteiger charge is 2.23. The lowest BCUT2D eigenvalue weighted by molar-refractivity contribution is 0.174. The van der Waals surface area contributed by atoms with Crippen LogP contribution in [0, 0.1) is 0 Å². The second kappa shape index (κ2) is 3.87. The highest BCUT2D eigenvalue weighted by atomic mass is 16.7. The van der Waals surface area contributed by atoms with Gasteiger partial charge in [0.15, 0.2) is 11.5 Å². The van der Waals surface area contributed by atoms with Crippen LogP contribution in [0.1, 0.15) is 6.92 Å². The van der Waals surface area contributed by atoms with E-state index in [1.54, 1.807) is 0 Å². The van der Waals surface area contributed by atoms with E-state index in [0.717, 1.165) is 36.8 Å². The van der Waals surface area contributed by atoms with Crippen molar-refractivity contribution >= 4 is 5.69 Å². The Hall–Kier alpha value is -1.42. The van der Waals surface area contributed by atoms with E-state index in [9.17, 15) is 0 Å². The fourth-order valence-electron chi connectivity index (χ4n) is 2.31. The topological polar surface area (TPSA) is 33.7 Å². The number of rotatable bonds is 1. The minimum atomic E-state index is 0.341. The molecule has 0 amide bonds. The summed E-state index contributed by atoms with van der Waals surface area (Å²) in [6.07, 6.45) is 0. The lowest BCUT2D eigenvalue weighted by Crippen LogP contribution is -2.49. The molecule has 0 spiro atoms. The Morgan fingerprint density at radius 2 is 2.31 bits per heavy atom. The van der Waals surface area contributed by atoms with Crippen LogP contribution in [0.4, 0.5) is 5.69 Å².